The number of carbonyl (C=O) groups excluding carboxylic acids is 1. The van der Waals surface area contributed by atoms with Gasteiger partial charge in [0.15, 0.2) is 0 Å². The molecule has 6 nitrogen and oxygen atoms in total. The van der Waals surface area contributed by atoms with Crippen molar-refractivity contribution in [1.29, 1.82) is 0 Å². The average molecular weight is 436 g/mol. The van der Waals surface area contributed by atoms with E-state index in [0.29, 0.717) is 17.3 Å². The Hall–Kier alpha value is -2.09. The Morgan fingerprint density at radius 1 is 1.03 bits per heavy atom. The Balaban J connectivity index is 1.67. The summed E-state index contributed by atoms with van der Waals surface area (Å²) < 4.78 is 27.5. The monoisotopic (exact) mass is 435 g/mol. The van der Waals surface area contributed by atoms with Crippen molar-refractivity contribution in [2.24, 2.45) is 0 Å². The second kappa shape index (κ2) is 10.1. The smallest absolute Gasteiger partial charge is 0.264 e. The largest absolute Gasteiger partial charge is 0.354 e. The molecule has 2 aromatic rings. The molecule has 1 N–H and O–H groups in total. The van der Waals surface area contributed by atoms with Gasteiger partial charge in [-0.1, -0.05) is 29.8 Å². The summed E-state index contributed by atoms with van der Waals surface area (Å²) in [7, 11) is -3.90. The molecular weight excluding hydrogens is 410 g/mol. The summed E-state index contributed by atoms with van der Waals surface area (Å²) in [6.07, 6.45) is 3.32. The van der Waals surface area contributed by atoms with E-state index in [1.165, 1.54) is 37.1 Å². The van der Waals surface area contributed by atoms with Gasteiger partial charge in [-0.25, -0.2) is 8.42 Å². The number of rotatable bonds is 9. The first kappa shape index (κ1) is 21.6. The van der Waals surface area contributed by atoms with Crippen LogP contribution in [0.4, 0.5) is 5.69 Å². The van der Waals surface area contributed by atoms with Gasteiger partial charge in [-0.05, 0) is 75.3 Å². The van der Waals surface area contributed by atoms with Gasteiger partial charge >= 0.3 is 0 Å². The van der Waals surface area contributed by atoms with Crippen LogP contribution in [0.15, 0.2) is 59.5 Å². The van der Waals surface area contributed by atoms with E-state index in [0.717, 1.165) is 30.4 Å². The molecule has 29 heavy (non-hydrogen) atoms. The number of hydrogen-bond acceptors (Lipinski definition) is 4. The minimum absolute atomic E-state index is 0.0904. The number of sulfonamides is 1. The van der Waals surface area contributed by atoms with Crippen molar-refractivity contribution in [2.75, 3.05) is 37.0 Å². The van der Waals surface area contributed by atoms with Crippen LogP contribution in [0.3, 0.4) is 0 Å². The third-order valence-corrected chi connectivity index (χ3v) is 6.95. The second-order valence-electron chi connectivity index (χ2n) is 7.05. The highest BCUT2D eigenvalue weighted by atomic mass is 35.5. The maximum absolute atomic E-state index is 13.2. The minimum Gasteiger partial charge on any atom is -0.354 e. The van der Waals surface area contributed by atoms with Gasteiger partial charge in [0.25, 0.3) is 10.0 Å². The van der Waals surface area contributed by atoms with Gasteiger partial charge in [0.1, 0.15) is 6.54 Å². The van der Waals surface area contributed by atoms with Crippen LogP contribution >= 0.6 is 11.6 Å². The normalized spacial score (nSPS) is 14.7. The van der Waals surface area contributed by atoms with Crippen molar-refractivity contribution in [3.8, 4) is 0 Å². The number of carbonyl (C=O) groups is 1. The number of para-hydroxylation sites is 1. The molecule has 8 heteroatoms. The molecule has 1 aliphatic heterocycles. The van der Waals surface area contributed by atoms with Gasteiger partial charge in [-0.15, -0.1) is 0 Å². The van der Waals surface area contributed by atoms with Crippen molar-refractivity contribution in [1.82, 2.24) is 10.2 Å². The fraction of sp³-hybridized carbons (Fsp3) is 0.381. The number of amides is 1. The van der Waals surface area contributed by atoms with E-state index in [4.69, 9.17) is 11.6 Å². The first-order valence-electron chi connectivity index (χ1n) is 9.79. The van der Waals surface area contributed by atoms with Crippen LogP contribution in [0.1, 0.15) is 19.3 Å². The summed E-state index contributed by atoms with van der Waals surface area (Å²) >= 11 is 5.88. The lowest BCUT2D eigenvalue weighted by molar-refractivity contribution is -0.119. The molecule has 156 valence electrons. The number of hydrogen-bond donors (Lipinski definition) is 1. The van der Waals surface area contributed by atoms with E-state index in [1.807, 2.05) is 0 Å². The molecule has 1 heterocycles. The molecule has 0 saturated carbocycles. The zero-order valence-corrected chi connectivity index (χ0v) is 17.8. The maximum atomic E-state index is 13.2. The van der Waals surface area contributed by atoms with Gasteiger partial charge in [0, 0.05) is 11.6 Å². The molecule has 0 spiro atoms. The number of anilines is 1. The fourth-order valence-corrected chi connectivity index (χ4v) is 4.91. The van der Waals surface area contributed by atoms with Gasteiger partial charge in [-0.3, -0.25) is 9.10 Å². The van der Waals surface area contributed by atoms with Crippen molar-refractivity contribution < 1.29 is 13.2 Å². The van der Waals surface area contributed by atoms with Gasteiger partial charge in [0.05, 0.1) is 10.6 Å². The third-order valence-electron chi connectivity index (χ3n) is 4.90. The Labute approximate surface area is 177 Å². The average Bonchev–Trinajstić information content (AvgIpc) is 3.24. The van der Waals surface area contributed by atoms with Gasteiger partial charge in [-0.2, -0.15) is 0 Å². The van der Waals surface area contributed by atoms with Crippen molar-refractivity contribution in [3.63, 3.8) is 0 Å². The Kier molecular flexibility index (Phi) is 7.52. The highest BCUT2D eigenvalue weighted by Gasteiger charge is 2.27. The zero-order valence-electron chi connectivity index (χ0n) is 16.3. The molecular formula is C21H26ClN3O3S. The number of benzene rings is 2. The Bertz CT molecular complexity index is 899. The highest BCUT2D eigenvalue weighted by Crippen LogP contribution is 2.24. The standard InChI is InChI=1S/C21H26ClN3O3S/c22-18-9-11-20(12-10-18)29(27,28)25(19-7-2-1-3-8-19)17-21(26)23-13-6-16-24-14-4-5-15-24/h1-3,7-12H,4-6,13-17H2,(H,23,26). The molecule has 2 aromatic carbocycles. The van der Waals surface area contributed by atoms with Crippen molar-refractivity contribution in [3.05, 3.63) is 59.6 Å². The van der Waals surface area contributed by atoms with Crippen LogP contribution in [-0.4, -0.2) is 51.9 Å². The lowest BCUT2D eigenvalue weighted by atomic mass is 10.3. The molecule has 0 radical (unpaired) electrons. The summed E-state index contributed by atoms with van der Waals surface area (Å²) in [6.45, 7) is 3.44. The lowest BCUT2D eigenvalue weighted by Crippen LogP contribution is -2.41. The minimum atomic E-state index is -3.90. The molecule has 0 aromatic heterocycles. The summed E-state index contributed by atoms with van der Waals surface area (Å²) in [6, 6.07) is 14.6. The van der Waals surface area contributed by atoms with Crippen LogP contribution in [0, 0.1) is 0 Å². The fourth-order valence-electron chi connectivity index (χ4n) is 3.37. The predicted molar refractivity (Wildman–Crippen MR) is 116 cm³/mol. The predicted octanol–water partition coefficient (Wildman–Crippen LogP) is 3.14. The SMILES string of the molecule is O=C(CN(c1ccccc1)S(=O)(=O)c1ccc(Cl)cc1)NCCCN1CCCC1. The van der Waals surface area contributed by atoms with Crippen LogP contribution in [0.2, 0.25) is 5.02 Å². The molecule has 3 rings (SSSR count). The van der Waals surface area contributed by atoms with Crippen molar-refractivity contribution >= 4 is 33.2 Å². The van der Waals surface area contributed by atoms with Crippen LogP contribution in [-0.2, 0) is 14.8 Å². The Morgan fingerprint density at radius 2 is 1.69 bits per heavy atom. The molecule has 0 aliphatic carbocycles. The lowest BCUT2D eigenvalue weighted by Gasteiger charge is -2.24. The van der Waals surface area contributed by atoms with E-state index in [9.17, 15) is 13.2 Å². The molecule has 1 saturated heterocycles. The zero-order chi connectivity index (χ0) is 20.7. The van der Waals surface area contributed by atoms with Gasteiger partial charge < -0.3 is 10.2 Å². The van der Waals surface area contributed by atoms with Crippen LogP contribution < -0.4 is 9.62 Å². The molecule has 1 fully saturated rings. The topological polar surface area (TPSA) is 69.7 Å². The molecule has 0 atom stereocenters. The first-order valence-corrected chi connectivity index (χ1v) is 11.6. The summed E-state index contributed by atoms with van der Waals surface area (Å²) in [5, 5.41) is 3.30. The number of likely N-dealkylation sites (tertiary alicyclic amines) is 1. The second-order valence-corrected chi connectivity index (χ2v) is 9.35. The van der Waals surface area contributed by atoms with E-state index >= 15 is 0 Å². The number of halogens is 1. The maximum Gasteiger partial charge on any atom is 0.264 e. The summed E-state index contributed by atoms with van der Waals surface area (Å²) in [5.74, 6) is -0.326. The van der Waals surface area contributed by atoms with Crippen LogP contribution in [0.5, 0.6) is 0 Å². The van der Waals surface area contributed by atoms with E-state index in [2.05, 4.69) is 10.2 Å². The summed E-state index contributed by atoms with van der Waals surface area (Å²) in [4.78, 5) is 15.0. The van der Waals surface area contributed by atoms with Crippen molar-refractivity contribution in [2.45, 2.75) is 24.2 Å². The van der Waals surface area contributed by atoms with Crippen LogP contribution in [0.25, 0.3) is 0 Å². The molecule has 1 amide bonds. The molecule has 1 aliphatic rings. The summed E-state index contributed by atoms with van der Waals surface area (Å²) in [5.41, 5.74) is 0.440. The van der Waals surface area contributed by atoms with Gasteiger partial charge in [0.2, 0.25) is 5.91 Å². The first-order chi connectivity index (χ1) is 14.0. The third kappa shape index (κ3) is 5.95. The van der Waals surface area contributed by atoms with E-state index in [1.54, 1.807) is 30.3 Å². The number of nitrogens with one attached hydrogen (secondary N) is 1. The van der Waals surface area contributed by atoms with E-state index < -0.39 is 10.0 Å². The number of nitrogens with zero attached hydrogens (tertiary/aromatic N) is 2. The van der Waals surface area contributed by atoms with E-state index in [-0.39, 0.29) is 17.3 Å². The quantitative estimate of drug-likeness (QED) is 0.614. The molecule has 0 bridgehead atoms. The molecule has 0 unspecified atom stereocenters. The highest BCUT2D eigenvalue weighted by molar-refractivity contribution is 7.92. The Morgan fingerprint density at radius 3 is 2.34 bits per heavy atom.